The van der Waals surface area contributed by atoms with Crippen molar-refractivity contribution in [2.75, 3.05) is 25.1 Å². The maximum atomic E-state index is 11.0. The van der Waals surface area contributed by atoms with Crippen molar-refractivity contribution < 1.29 is 24.4 Å². The molecular formula is C11H13N3O6. The molecule has 0 fully saturated rings. The number of nitrogens with zero attached hydrogens (tertiary/aromatic N) is 1. The molecule has 1 aromatic rings. The van der Waals surface area contributed by atoms with E-state index in [-0.39, 0.29) is 36.7 Å². The zero-order valence-corrected chi connectivity index (χ0v) is 10.4. The van der Waals surface area contributed by atoms with Gasteiger partial charge in [0.25, 0.3) is 5.69 Å². The predicted molar refractivity (Wildman–Crippen MR) is 68.6 cm³/mol. The number of nitro benzene ring substituents is 1. The Hall–Kier alpha value is -2.68. The number of carbonyl (C=O) groups is 2. The Kier molecular flexibility index (Phi) is 5.42. The Balaban J connectivity index is 2.70. The zero-order chi connectivity index (χ0) is 15.1. The smallest absolute Gasteiger partial charge is 0.337 e. The van der Waals surface area contributed by atoms with Crippen molar-refractivity contribution in [2.45, 2.75) is 0 Å². The van der Waals surface area contributed by atoms with Crippen LogP contribution in [0.4, 0.5) is 11.4 Å². The van der Waals surface area contributed by atoms with Gasteiger partial charge in [0.1, 0.15) is 6.61 Å². The molecule has 0 unspecified atom stereocenters. The molecule has 108 valence electrons. The summed E-state index contributed by atoms with van der Waals surface area (Å²) in [4.78, 5) is 31.4. The molecule has 0 spiro atoms. The second kappa shape index (κ2) is 7.04. The van der Waals surface area contributed by atoms with E-state index in [0.29, 0.717) is 0 Å². The molecule has 1 rings (SSSR count). The number of carbonyl (C=O) groups excluding carboxylic acids is 1. The average Bonchev–Trinajstić information content (AvgIpc) is 2.37. The lowest BCUT2D eigenvalue weighted by Gasteiger charge is -2.09. The van der Waals surface area contributed by atoms with E-state index >= 15 is 0 Å². The third kappa shape index (κ3) is 4.53. The van der Waals surface area contributed by atoms with E-state index in [4.69, 9.17) is 15.6 Å². The number of benzene rings is 1. The number of rotatable bonds is 8. The van der Waals surface area contributed by atoms with Crippen LogP contribution in [0.25, 0.3) is 0 Å². The van der Waals surface area contributed by atoms with Crippen molar-refractivity contribution in [1.82, 2.24) is 0 Å². The van der Waals surface area contributed by atoms with Crippen molar-refractivity contribution in [2.24, 2.45) is 5.73 Å². The molecule has 9 heteroatoms. The minimum absolute atomic E-state index is 0.0921. The molecular weight excluding hydrogens is 270 g/mol. The minimum Gasteiger partial charge on any atom is -0.478 e. The van der Waals surface area contributed by atoms with Crippen LogP contribution in [-0.4, -0.2) is 41.7 Å². The number of ether oxygens (including phenoxy) is 1. The number of carboxylic acids is 1. The Labute approximate surface area is 113 Å². The highest BCUT2D eigenvalue weighted by atomic mass is 16.6. The first-order valence-corrected chi connectivity index (χ1v) is 5.53. The van der Waals surface area contributed by atoms with Crippen LogP contribution in [0.15, 0.2) is 18.2 Å². The first kappa shape index (κ1) is 15.4. The van der Waals surface area contributed by atoms with E-state index in [1.807, 2.05) is 0 Å². The quantitative estimate of drug-likeness (QED) is 0.351. The number of aromatic carboxylic acids is 1. The predicted octanol–water partition coefficient (Wildman–Crippen LogP) is 0.207. The molecule has 0 saturated heterocycles. The molecule has 0 aromatic heterocycles. The molecule has 0 aliphatic rings. The summed E-state index contributed by atoms with van der Waals surface area (Å²) in [5, 5.41) is 22.3. The molecule has 0 saturated carbocycles. The largest absolute Gasteiger partial charge is 0.478 e. The van der Waals surface area contributed by atoms with Gasteiger partial charge >= 0.3 is 5.97 Å². The molecule has 0 aliphatic heterocycles. The van der Waals surface area contributed by atoms with Gasteiger partial charge in [-0.2, -0.15) is 0 Å². The number of hydrogen-bond donors (Lipinski definition) is 3. The molecule has 0 atom stereocenters. The second-order valence-electron chi connectivity index (χ2n) is 3.74. The van der Waals surface area contributed by atoms with E-state index in [0.717, 1.165) is 18.2 Å². The van der Waals surface area contributed by atoms with Gasteiger partial charge in [-0.25, -0.2) is 4.79 Å². The van der Waals surface area contributed by atoms with E-state index in [9.17, 15) is 19.7 Å². The number of nitrogens with two attached hydrogens (primary N) is 1. The molecule has 0 aliphatic carbocycles. The number of non-ortho nitro benzene ring substituents is 1. The number of carboxylic acid groups (broad SMARTS) is 1. The lowest BCUT2D eigenvalue weighted by atomic mass is 10.1. The van der Waals surface area contributed by atoms with Gasteiger partial charge in [-0.15, -0.1) is 0 Å². The summed E-state index contributed by atoms with van der Waals surface area (Å²) in [6.45, 7) is 0.0296. The molecule has 0 heterocycles. The molecule has 1 amide bonds. The molecule has 20 heavy (non-hydrogen) atoms. The summed E-state index contributed by atoms with van der Waals surface area (Å²) < 4.78 is 4.88. The Morgan fingerprint density at radius 2 is 2.15 bits per heavy atom. The molecule has 0 radical (unpaired) electrons. The number of nitro groups is 1. The standard InChI is InChI=1S/C11H13N3O6/c12-10(15)6-20-4-3-13-9-5-7(14(18)19)1-2-8(9)11(16)17/h1-2,5,13H,3-4,6H2,(H2,12,15)(H,16,17). The fourth-order valence-corrected chi connectivity index (χ4v) is 1.41. The van der Waals surface area contributed by atoms with E-state index in [1.165, 1.54) is 0 Å². The van der Waals surface area contributed by atoms with Crippen LogP contribution in [0, 0.1) is 10.1 Å². The SMILES string of the molecule is NC(=O)COCCNc1cc([N+](=O)[O-])ccc1C(=O)O. The summed E-state index contributed by atoms with van der Waals surface area (Å²) in [7, 11) is 0. The molecule has 0 bridgehead atoms. The summed E-state index contributed by atoms with van der Waals surface area (Å²) in [6, 6.07) is 3.38. The van der Waals surface area contributed by atoms with Crippen LogP contribution >= 0.6 is 0 Å². The van der Waals surface area contributed by atoms with Crippen molar-refractivity contribution in [1.29, 1.82) is 0 Å². The lowest BCUT2D eigenvalue weighted by Crippen LogP contribution is -2.21. The number of hydrogen-bond acceptors (Lipinski definition) is 6. The fraction of sp³-hybridized carbons (Fsp3) is 0.273. The summed E-state index contributed by atoms with van der Waals surface area (Å²) in [5.41, 5.74) is 4.65. The van der Waals surface area contributed by atoms with Gasteiger partial charge in [0, 0.05) is 18.7 Å². The van der Waals surface area contributed by atoms with Gasteiger partial charge in [0.2, 0.25) is 5.91 Å². The lowest BCUT2D eigenvalue weighted by molar-refractivity contribution is -0.384. The normalized spacial score (nSPS) is 10.0. The summed E-state index contributed by atoms with van der Waals surface area (Å²) in [6.07, 6.45) is 0. The monoisotopic (exact) mass is 283 g/mol. The first-order chi connectivity index (χ1) is 9.41. The molecule has 4 N–H and O–H groups in total. The maximum Gasteiger partial charge on any atom is 0.337 e. The maximum absolute atomic E-state index is 11.0. The third-order valence-electron chi connectivity index (χ3n) is 2.25. The second-order valence-corrected chi connectivity index (χ2v) is 3.74. The van der Waals surface area contributed by atoms with Gasteiger partial charge in [0.15, 0.2) is 0 Å². The van der Waals surface area contributed by atoms with Crippen LogP contribution in [0.5, 0.6) is 0 Å². The highest BCUT2D eigenvalue weighted by Crippen LogP contribution is 2.22. The number of anilines is 1. The minimum atomic E-state index is -1.21. The van der Waals surface area contributed by atoms with Crippen molar-refractivity contribution in [3.8, 4) is 0 Å². The molecule has 9 nitrogen and oxygen atoms in total. The topological polar surface area (TPSA) is 145 Å². The number of nitrogens with one attached hydrogen (secondary N) is 1. The van der Waals surface area contributed by atoms with E-state index in [1.54, 1.807) is 0 Å². The van der Waals surface area contributed by atoms with Gasteiger partial charge < -0.3 is 20.9 Å². The number of primary amides is 1. The van der Waals surface area contributed by atoms with Crippen LogP contribution in [0.3, 0.4) is 0 Å². The highest BCUT2D eigenvalue weighted by Gasteiger charge is 2.14. The van der Waals surface area contributed by atoms with Crippen LogP contribution in [0.1, 0.15) is 10.4 Å². The Morgan fingerprint density at radius 1 is 1.45 bits per heavy atom. The first-order valence-electron chi connectivity index (χ1n) is 5.53. The third-order valence-corrected chi connectivity index (χ3v) is 2.25. The van der Waals surface area contributed by atoms with E-state index < -0.39 is 16.8 Å². The Bertz CT molecular complexity index is 531. The van der Waals surface area contributed by atoms with Gasteiger partial charge in [-0.05, 0) is 6.07 Å². The Morgan fingerprint density at radius 3 is 2.70 bits per heavy atom. The number of amides is 1. The summed E-state index contributed by atoms with van der Waals surface area (Å²) in [5.74, 6) is -1.83. The van der Waals surface area contributed by atoms with Crippen molar-refractivity contribution >= 4 is 23.3 Å². The van der Waals surface area contributed by atoms with Crippen LogP contribution in [0.2, 0.25) is 0 Å². The van der Waals surface area contributed by atoms with Gasteiger partial charge in [0.05, 0.1) is 22.8 Å². The van der Waals surface area contributed by atoms with Crippen LogP contribution in [-0.2, 0) is 9.53 Å². The highest BCUT2D eigenvalue weighted by molar-refractivity contribution is 5.94. The average molecular weight is 283 g/mol. The van der Waals surface area contributed by atoms with Crippen molar-refractivity contribution in [3.05, 3.63) is 33.9 Å². The van der Waals surface area contributed by atoms with Gasteiger partial charge in [-0.1, -0.05) is 0 Å². The fourth-order valence-electron chi connectivity index (χ4n) is 1.41. The van der Waals surface area contributed by atoms with Crippen LogP contribution < -0.4 is 11.1 Å². The summed E-state index contributed by atoms with van der Waals surface area (Å²) >= 11 is 0. The van der Waals surface area contributed by atoms with E-state index in [2.05, 4.69) is 5.32 Å². The zero-order valence-electron chi connectivity index (χ0n) is 10.4. The van der Waals surface area contributed by atoms with Crippen molar-refractivity contribution in [3.63, 3.8) is 0 Å². The van der Waals surface area contributed by atoms with Gasteiger partial charge in [-0.3, -0.25) is 14.9 Å². The molecule has 1 aromatic carbocycles.